The number of aromatic nitrogens is 2. The number of anilines is 1. The van der Waals surface area contributed by atoms with Crippen LogP contribution in [0.25, 0.3) is 33.3 Å². The summed E-state index contributed by atoms with van der Waals surface area (Å²) < 4.78 is 29.1. The van der Waals surface area contributed by atoms with E-state index < -0.39 is 10.0 Å². The first-order valence-corrected chi connectivity index (χ1v) is 16.2. The fourth-order valence-corrected chi connectivity index (χ4v) is 7.25. The molecule has 0 radical (unpaired) electrons. The first-order chi connectivity index (χ1) is 21.1. The molecule has 226 valence electrons. The lowest BCUT2D eigenvalue weighted by Crippen LogP contribution is -2.29. The van der Waals surface area contributed by atoms with Gasteiger partial charge in [0.2, 0.25) is 0 Å². The van der Waals surface area contributed by atoms with Gasteiger partial charge in [0.15, 0.2) is 5.65 Å². The fraction of sp³-hybridized carbons (Fsp3) is 0.257. The normalized spacial score (nSPS) is 15.2. The average Bonchev–Trinajstić information content (AvgIpc) is 3.66. The predicted molar refractivity (Wildman–Crippen MR) is 177 cm³/mol. The molecular formula is C35H37N5O3S. The molecule has 1 atom stereocenters. The number of hydrogen-bond acceptors (Lipinski definition) is 6. The van der Waals surface area contributed by atoms with Gasteiger partial charge in [-0.2, -0.15) is 0 Å². The molecule has 1 amide bonds. The lowest BCUT2D eigenvalue weighted by Gasteiger charge is -2.21. The molecule has 1 fully saturated rings. The van der Waals surface area contributed by atoms with E-state index in [-0.39, 0.29) is 10.8 Å². The highest BCUT2D eigenvalue weighted by Gasteiger charge is 2.25. The maximum Gasteiger partial charge on any atom is 0.269 e. The van der Waals surface area contributed by atoms with Gasteiger partial charge >= 0.3 is 0 Å². The molecule has 1 aliphatic rings. The Morgan fingerprint density at radius 1 is 0.932 bits per heavy atom. The smallest absolute Gasteiger partial charge is 0.269 e. The Hall–Kier alpha value is -4.47. The van der Waals surface area contributed by atoms with Crippen LogP contribution in [0.1, 0.15) is 27.9 Å². The number of carbonyl (C=O) groups is 1. The second-order valence-electron chi connectivity index (χ2n) is 11.8. The zero-order valence-electron chi connectivity index (χ0n) is 25.7. The van der Waals surface area contributed by atoms with Crippen LogP contribution in [0.4, 0.5) is 5.69 Å². The number of aryl methyl sites for hydroxylation is 2. The molecule has 0 bridgehead atoms. The van der Waals surface area contributed by atoms with Crippen LogP contribution in [-0.4, -0.2) is 68.5 Å². The van der Waals surface area contributed by atoms with Crippen LogP contribution in [0.3, 0.4) is 0 Å². The Labute approximate surface area is 259 Å². The van der Waals surface area contributed by atoms with Crippen LogP contribution in [0.2, 0.25) is 0 Å². The van der Waals surface area contributed by atoms with Crippen molar-refractivity contribution >= 4 is 32.7 Å². The highest BCUT2D eigenvalue weighted by atomic mass is 32.2. The van der Waals surface area contributed by atoms with Gasteiger partial charge in [0.25, 0.3) is 15.9 Å². The zero-order valence-corrected chi connectivity index (χ0v) is 26.5. The van der Waals surface area contributed by atoms with Gasteiger partial charge in [-0.15, -0.1) is 0 Å². The van der Waals surface area contributed by atoms with Crippen molar-refractivity contribution in [1.29, 1.82) is 0 Å². The first kappa shape index (κ1) is 29.6. The van der Waals surface area contributed by atoms with Crippen molar-refractivity contribution in [3.8, 4) is 22.3 Å². The fourth-order valence-electron chi connectivity index (χ4n) is 5.93. The van der Waals surface area contributed by atoms with E-state index in [1.807, 2.05) is 32.2 Å². The maximum atomic E-state index is 13.9. The molecule has 8 nitrogen and oxygen atoms in total. The molecule has 2 aromatic heterocycles. The third-order valence-electron chi connectivity index (χ3n) is 8.51. The summed E-state index contributed by atoms with van der Waals surface area (Å²) in [6.07, 6.45) is 4.50. The van der Waals surface area contributed by atoms with E-state index in [1.165, 1.54) is 20.1 Å². The van der Waals surface area contributed by atoms with E-state index in [0.29, 0.717) is 22.6 Å². The lowest BCUT2D eigenvalue weighted by molar-refractivity contribution is 0.0827. The third kappa shape index (κ3) is 5.37. The molecular weight excluding hydrogens is 570 g/mol. The summed E-state index contributed by atoms with van der Waals surface area (Å²) in [5.74, 6) is -0.0981. The van der Waals surface area contributed by atoms with Gasteiger partial charge in [-0.3, -0.25) is 4.79 Å². The number of nitrogens with zero attached hydrogens (tertiary/aromatic N) is 4. The SMILES string of the molecule is CNC1CCN(c2ccc(-c3cnc4c(c3)c(-c3ccc(C(=O)N(C)C)cc3)cn4S(=O)(=O)c3ccc(C)cc3)cc2C)C1. The zero-order chi connectivity index (χ0) is 31.2. The summed E-state index contributed by atoms with van der Waals surface area (Å²) in [5, 5.41) is 4.09. The molecule has 6 rings (SSSR count). The number of hydrogen-bond donors (Lipinski definition) is 1. The molecule has 1 unspecified atom stereocenters. The highest BCUT2D eigenvalue weighted by Crippen LogP contribution is 2.36. The Morgan fingerprint density at radius 2 is 1.64 bits per heavy atom. The van der Waals surface area contributed by atoms with Crippen molar-refractivity contribution in [3.63, 3.8) is 0 Å². The topological polar surface area (TPSA) is 87.5 Å². The van der Waals surface area contributed by atoms with Crippen molar-refractivity contribution in [2.45, 2.75) is 31.2 Å². The van der Waals surface area contributed by atoms with Crippen molar-refractivity contribution in [3.05, 3.63) is 102 Å². The van der Waals surface area contributed by atoms with Crippen LogP contribution in [0.5, 0.6) is 0 Å². The minimum absolute atomic E-state index is 0.0981. The average molecular weight is 608 g/mol. The van der Waals surface area contributed by atoms with Gasteiger partial charge < -0.3 is 15.1 Å². The summed E-state index contributed by atoms with van der Waals surface area (Å²) >= 11 is 0. The predicted octanol–water partition coefficient (Wildman–Crippen LogP) is 5.72. The Balaban J connectivity index is 1.46. The largest absolute Gasteiger partial charge is 0.370 e. The molecule has 0 saturated carbocycles. The molecule has 0 aliphatic carbocycles. The van der Waals surface area contributed by atoms with Crippen LogP contribution in [-0.2, 0) is 10.0 Å². The Bertz CT molecular complexity index is 1960. The second kappa shape index (κ2) is 11.6. The molecule has 1 aliphatic heterocycles. The summed E-state index contributed by atoms with van der Waals surface area (Å²) in [4.78, 5) is 21.4. The summed E-state index contributed by atoms with van der Waals surface area (Å²) in [6.45, 7) is 6.05. The number of pyridine rings is 1. The summed E-state index contributed by atoms with van der Waals surface area (Å²) in [7, 11) is 1.51. The maximum absolute atomic E-state index is 13.9. The molecule has 44 heavy (non-hydrogen) atoms. The standard InChI is InChI=1S/C35H37N5O3S/c1-23-6-13-30(14-7-23)44(42,43)40-22-32(25-8-10-26(11-9-25)35(41)38(4)5)31-19-28(20-37-34(31)40)27-12-15-33(24(2)18-27)39-17-16-29(21-39)36-3/h6-15,18-20,22,29,36H,16-17,21H2,1-5H3. The van der Waals surface area contributed by atoms with E-state index in [9.17, 15) is 13.2 Å². The van der Waals surface area contributed by atoms with Crippen LogP contribution in [0.15, 0.2) is 90.1 Å². The van der Waals surface area contributed by atoms with Crippen molar-refractivity contribution in [1.82, 2.24) is 19.2 Å². The number of nitrogens with one attached hydrogen (secondary N) is 1. The molecule has 1 N–H and O–H groups in total. The summed E-state index contributed by atoms with van der Waals surface area (Å²) in [6, 6.07) is 23.0. The number of rotatable bonds is 7. The van der Waals surface area contributed by atoms with Gasteiger partial charge in [0, 0.05) is 73.4 Å². The molecule has 9 heteroatoms. The van der Waals surface area contributed by atoms with E-state index in [0.717, 1.165) is 47.3 Å². The van der Waals surface area contributed by atoms with E-state index in [4.69, 9.17) is 4.98 Å². The van der Waals surface area contributed by atoms with E-state index >= 15 is 0 Å². The molecule has 0 spiro atoms. The van der Waals surface area contributed by atoms with E-state index in [2.05, 4.69) is 35.3 Å². The Morgan fingerprint density at radius 3 is 2.27 bits per heavy atom. The monoisotopic (exact) mass is 607 g/mol. The minimum Gasteiger partial charge on any atom is -0.370 e. The van der Waals surface area contributed by atoms with Gasteiger partial charge in [-0.1, -0.05) is 35.9 Å². The number of carbonyl (C=O) groups excluding carboxylic acids is 1. The van der Waals surface area contributed by atoms with Crippen LogP contribution >= 0.6 is 0 Å². The first-order valence-electron chi connectivity index (χ1n) is 14.8. The minimum atomic E-state index is -3.93. The number of amides is 1. The van der Waals surface area contributed by atoms with Gasteiger partial charge in [-0.05, 0) is 86.5 Å². The van der Waals surface area contributed by atoms with Crippen molar-refractivity contribution < 1.29 is 13.2 Å². The molecule has 3 aromatic carbocycles. The summed E-state index contributed by atoms with van der Waals surface area (Å²) in [5.41, 5.74) is 7.71. The van der Waals surface area contributed by atoms with Crippen LogP contribution < -0.4 is 10.2 Å². The quantitative estimate of drug-likeness (QED) is 0.255. The van der Waals surface area contributed by atoms with Gasteiger partial charge in [-0.25, -0.2) is 17.4 Å². The number of benzene rings is 3. The lowest BCUT2D eigenvalue weighted by atomic mass is 10.00. The third-order valence-corrected chi connectivity index (χ3v) is 10.2. The molecule has 5 aromatic rings. The van der Waals surface area contributed by atoms with E-state index in [1.54, 1.807) is 62.9 Å². The van der Waals surface area contributed by atoms with Crippen LogP contribution in [0, 0.1) is 13.8 Å². The van der Waals surface area contributed by atoms with Gasteiger partial charge in [0.05, 0.1) is 4.90 Å². The highest BCUT2D eigenvalue weighted by molar-refractivity contribution is 7.90. The Kier molecular flexibility index (Phi) is 7.77. The second-order valence-corrected chi connectivity index (χ2v) is 13.6. The molecule has 1 saturated heterocycles. The number of fused-ring (bicyclic) bond motifs is 1. The molecule has 3 heterocycles. The van der Waals surface area contributed by atoms with Crippen molar-refractivity contribution in [2.75, 3.05) is 39.1 Å². The van der Waals surface area contributed by atoms with Gasteiger partial charge in [0.1, 0.15) is 0 Å². The van der Waals surface area contributed by atoms with Crippen molar-refractivity contribution in [2.24, 2.45) is 0 Å². The number of likely N-dealkylation sites (N-methyl/N-ethyl adjacent to an activating group) is 1.